The molecule has 0 amide bonds. The summed E-state index contributed by atoms with van der Waals surface area (Å²) in [5, 5.41) is 0. The predicted octanol–water partition coefficient (Wildman–Crippen LogP) is 3.96. The van der Waals surface area contributed by atoms with Gasteiger partial charge in [-0.15, -0.1) is 0 Å². The Morgan fingerprint density at radius 2 is 2.07 bits per heavy atom. The van der Waals surface area contributed by atoms with Crippen LogP contribution >= 0.6 is 0 Å². The van der Waals surface area contributed by atoms with Crippen molar-refractivity contribution in [2.24, 2.45) is 4.99 Å². The maximum atomic E-state index is 4.71. The van der Waals surface area contributed by atoms with Crippen LogP contribution in [-0.2, 0) is 0 Å². The molecule has 0 N–H and O–H groups in total. The van der Waals surface area contributed by atoms with Crippen LogP contribution in [0, 0.1) is 0 Å². The Morgan fingerprint density at radius 3 is 2.67 bits per heavy atom. The summed E-state index contributed by atoms with van der Waals surface area (Å²) in [6.07, 6.45) is 5.92. The first-order chi connectivity index (χ1) is 7.13. The second-order valence-corrected chi connectivity index (χ2v) is 4.33. The summed E-state index contributed by atoms with van der Waals surface area (Å²) in [5.74, 6) is 0. The predicted molar refractivity (Wildman–Crippen MR) is 66.0 cm³/mol. The Bertz CT molecular complexity index is 442. The molecule has 78 valence electrons. The van der Waals surface area contributed by atoms with Crippen LogP contribution in [0.4, 0.5) is 0 Å². The van der Waals surface area contributed by atoms with Crippen molar-refractivity contribution in [3.63, 3.8) is 0 Å². The minimum Gasteiger partial charge on any atom is -0.257 e. The van der Waals surface area contributed by atoms with Gasteiger partial charge in [0.05, 0.1) is 0 Å². The van der Waals surface area contributed by atoms with Crippen molar-refractivity contribution in [2.45, 2.75) is 33.6 Å². The lowest BCUT2D eigenvalue weighted by Crippen LogP contribution is -1.98. The van der Waals surface area contributed by atoms with Crippen LogP contribution in [0.2, 0.25) is 0 Å². The Hall–Kier alpha value is -1.37. The number of aliphatic imine (C=N–C) groups is 1. The van der Waals surface area contributed by atoms with Crippen molar-refractivity contribution >= 4 is 5.71 Å². The molecule has 0 bridgehead atoms. The third-order valence-electron chi connectivity index (χ3n) is 3.31. The third kappa shape index (κ3) is 1.63. The van der Waals surface area contributed by atoms with Crippen LogP contribution in [0.5, 0.6) is 0 Å². The van der Waals surface area contributed by atoms with E-state index in [0.29, 0.717) is 0 Å². The molecule has 1 aliphatic heterocycles. The molecule has 0 radical (unpaired) electrons. The summed E-state index contributed by atoms with van der Waals surface area (Å²) in [6, 6.07) is 0. The fraction of sp³-hybridized carbons (Fsp3) is 0.357. The summed E-state index contributed by atoms with van der Waals surface area (Å²) in [7, 11) is 0. The number of allylic oxidation sites excluding steroid dienone is 6. The number of nitrogens with zero attached hydrogens (tertiary/aromatic N) is 1. The molecule has 0 unspecified atom stereocenters. The Kier molecular flexibility index (Phi) is 2.47. The van der Waals surface area contributed by atoms with Gasteiger partial charge >= 0.3 is 0 Å². The molecule has 0 spiro atoms. The fourth-order valence-corrected chi connectivity index (χ4v) is 2.18. The van der Waals surface area contributed by atoms with E-state index in [1.54, 1.807) is 0 Å². The first-order valence-corrected chi connectivity index (χ1v) is 5.39. The van der Waals surface area contributed by atoms with Gasteiger partial charge in [0.1, 0.15) is 0 Å². The van der Waals surface area contributed by atoms with Crippen LogP contribution in [0.1, 0.15) is 33.6 Å². The second-order valence-electron chi connectivity index (χ2n) is 4.33. The van der Waals surface area contributed by atoms with Crippen LogP contribution in [0.15, 0.2) is 51.7 Å². The lowest BCUT2D eigenvalue weighted by molar-refractivity contribution is 1.11. The van der Waals surface area contributed by atoms with E-state index in [1.807, 2.05) is 12.2 Å². The molecule has 1 heterocycles. The van der Waals surface area contributed by atoms with E-state index in [9.17, 15) is 0 Å². The van der Waals surface area contributed by atoms with E-state index in [2.05, 4.69) is 27.4 Å². The van der Waals surface area contributed by atoms with Crippen molar-refractivity contribution < 1.29 is 0 Å². The van der Waals surface area contributed by atoms with Crippen LogP contribution in [0.3, 0.4) is 0 Å². The summed E-state index contributed by atoms with van der Waals surface area (Å²) in [5.41, 5.74) is 8.14. The molecule has 2 rings (SSSR count). The minimum absolute atomic E-state index is 1.01. The zero-order valence-corrected chi connectivity index (χ0v) is 9.72. The minimum atomic E-state index is 1.01. The molecule has 0 aromatic heterocycles. The Morgan fingerprint density at radius 1 is 1.33 bits per heavy atom. The van der Waals surface area contributed by atoms with E-state index in [0.717, 1.165) is 12.8 Å². The average Bonchev–Trinajstić information content (AvgIpc) is 2.70. The van der Waals surface area contributed by atoms with Crippen LogP contribution < -0.4 is 0 Å². The van der Waals surface area contributed by atoms with E-state index in [1.165, 1.54) is 33.7 Å². The maximum absolute atomic E-state index is 4.71. The summed E-state index contributed by atoms with van der Waals surface area (Å²) < 4.78 is 0. The molecule has 1 heteroatoms. The van der Waals surface area contributed by atoms with Crippen molar-refractivity contribution in [1.82, 2.24) is 0 Å². The van der Waals surface area contributed by atoms with Gasteiger partial charge in [-0.1, -0.05) is 24.3 Å². The Labute approximate surface area is 91.6 Å². The van der Waals surface area contributed by atoms with Gasteiger partial charge in [0.25, 0.3) is 0 Å². The molecule has 15 heavy (non-hydrogen) atoms. The highest BCUT2D eigenvalue weighted by molar-refractivity contribution is 6.04. The molecule has 0 atom stereocenters. The lowest BCUT2D eigenvalue weighted by Gasteiger charge is -2.04. The molecule has 0 saturated carbocycles. The molecule has 0 aromatic rings. The standard InChI is InChI=1S/C14H17N/c1-5-6-9(2)13-8-12-11(4)10(3)7-14(12)15-13/h5-6H,1,7-8H2,2-4H3/b9-6-. The van der Waals surface area contributed by atoms with Gasteiger partial charge in [0.2, 0.25) is 0 Å². The van der Waals surface area contributed by atoms with Gasteiger partial charge in [0.15, 0.2) is 0 Å². The normalized spacial score (nSPS) is 21.0. The van der Waals surface area contributed by atoms with E-state index < -0.39 is 0 Å². The second kappa shape index (κ2) is 3.65. The van der Waals surface area contributed by atoms with Crippen molar-refractivity contribution in [2.75, 3.05) is 0 Å². The molecule has 0 saturated heterocycles. The first kappa shape index (κ1) is 10.2. The Balaban J connectivity index is 2.21. The highest BCUT2D eigenvalue weighted by atomic mass is 14.8. The van der Waals surface area contributed by atoms with Crippen LogP contribution in [-0.4, -0.2) is 5.71 Å². The number of rotatable bonds is 2. The van der Waals surface area contributed by atoms with Crippen molar-refractivity contribution in [3.05, 3.63) is 46.7 Å². The van der Waals surface area contributed by atoms with Gasteiger partial charge < -0.3 is 0 Å². The van der Waals surface area contributed by atoms with Gasteiger partial charge in [-0.25, -0.2) is 0 Å². The largest absolute Gasteiger partial charge is 0.257 e. The summed E-state index contributed by atoms with van der Waals surface area (Å²) >= 11 is 0. The molecule has 0 fully saturated rings. The summed E-state index contributed by atoms with van der Waals surface area (Å²) in [4.78, 5) is 4.71. The molecule has 2 aliphatic rings. The topological polar surface area (TPSA) is 12.4 Å². The monoisotopic (exact) mass is 199 g/mol. The molecule has 0 aromatic carbocycles. The van der Waals surface area contributed by atoms with Crippen LogP contribution in [0.25, 0.3) is 0 Å². The van der Waals surface area contributed by atoms with Crippen molar-refractivity contribution in [3.8, 4) is 0 Å². The molecular formula is C14H17N. The summed E-state index contributed by atoms with van der Waals surface area (Å²) in [6.45, 7) is 10.2. The molecular weight excluding hydrogens is 182 g/mol. The van der Waals surface area contributed by atoms with E-state index in [4.69, 9.17) is 4.99 Å². The van der Waals surface area contributed by atoms with Gasteiger partial charge in [-0.3, -0.25) is 4.99 Å². The number of hydrogen-bond donors (Lipinski definition) is 0. The zero-order chi connectivity index (χ0) is 11.0. The van der Waals surface area contributed by atoms with Gasteiger partial charge in [-0.2, -0.15) is 0 Å². The zero-order valence-electron chi connectivity index (χ0n) is 9.72. The quantitative estimate of drug-likeness (QED) is 0.597. The van der Waals surface area contributed by atoms with E-state index in [-0.39, 0.29) is 0 Å². The lowest BCUT2D eigenvalue weighted by atomic mass is 10.0. The molecule has 1 nitrogen and oxygen atoms in total. The SMILES string of the molecule is C=C/C=C(/C)C1=NC2=C(C1)C(C)=C(C)C2. The molecule has 1 aliphatic carbocycles. The highest BCUT2D eigenvalue weighted by Crippen LogP contribution is 2.39. The third-order valence-corrected chi connectivity index (χ3v) is 3.31. The fourth-order valence-electron chi connectivity index (χ4n) is 2.18. The number of hydrogen-bond acceptors (Lipinski definition) is 1. The smallest absolute Gasteiger partial charge is 0.0486 e. The highest BCUT2D eigenvalue weighted by Gasteiger charge is 2.25. The van der Waals surface area contributed by atoms with Gasteiger partial charge in [0, 0.05) is 24.3 Å². The average molecular weight is 199 g/mol. The first-order valence-electron chi connectivity index (χ1n) is 5.39. The van der Waals surface area contributed by atoms with Crippen molar-refractivity contribution in [1.29, 1.82) is 0 Å². The van der Waals surface area contributed by atoms with Gasteiger partial charge in [-0.05, 0) is 37.5 Å². The maximum Gasteiger partial charge on any atom is 0.0486 e. The van der Waals surface area contributed by atoms with E-state index >= 15 is 0 Å².